The lowest BCUT2D eigenvalue weighted by molar-refractivity contribution is -0.137. The van der Waals surface area contributed by atoms with Gasteiger partial charge in [-0.1, -0.05) is 11.4 Å². The molecule has 112 valence electrons. The van der Waals surface area contributed by atoms with Crippen molar-refractivity contribution in [1.82, 2.24) is 14.8 Å². The third kappa shape index (κ3) is 4.08. The third-order valence-electron chi connectivity index (χ3n) is 2.32. The Labute approximate surface area is 126 Å². The summed E-state index contributed by atoms with van der Waals surface area (Å²) in [7, 11) is 0. The van der Waals surface area contributed by atoms with Gasteiger partial charge in [0.2, 0.25) is 0 Å². The van der Waals surface area contributed by atoms with E-state index in [1.54, 1.807) is 0 Å². The average Bonchev–Trinajstić information content (AvgIpc) is 2.83. The van der Waals surface area contributed by atoms with Gasteiger partial charge in [0.05, 0.1) is 11.1 Å². The third-order valence-corrected chi connectivity index (χ3v) is 3.18. The van der Waals surface area contributed by atoms with Gasteiger partial charge in [0, 0.05) is 10.5 Å². The van der Waals surface area contributed by atoms with Crippen LogP contribution in [0.1, 0.15) is 5.56 Å². The van der Waals surface area contributed by atoms with E-state index >= 15 is 0 Å². The zero-order valence-electron chi connectivity index (χ0n) is 10.2. The quantitative estimate of drug-likeness (QED) is 0.583. The van der Waals surface area contributed by atoms with E-state index in [1.165, 1.54) is 22.6 Å². The number of nitrogens with zero attached hydrogens (tertiary/aromatic N) is 3. The van der Waals surface area contributed by atoms with E-state index in [4.69, 9.17) is 5.73 Å². The highest BCUT2D eigenvalue weighted by atomic mass is 32.1. The maximum Gasteiger partial charge on any atom is 0.416 e. The number of halogens is 3. The molecule has 1 aromatic carbocycles. The zero-order valence-corrected chi connectivity index (χ0v) is 12.0. The lowest BCUT2D eigenvalue weighted by Gasteiger charge is -2.08. The summed E-state index contributed by atoms with van der Waals surface area (Å²) in [6.07, 6.45) is -3.21. The van der Waals surface area contributed by atoms with Gasteiger partial charge >= 0.3 is 6.18 Å². The summed E-state index contributed by atoms with van der Waals surface area (Å²) in [6, 6.07) is 3.27. The molecule has 0 bridgehead atoms. The van der Waals surface area contributed by atoms with Crippen molar-refractivity contribution in [2.24, 2.45) is 5.73 Å². The van der Waals surface area contributed by atoms with Crippen molar-refractivity contribution >= 4 is 34.7 Å². The zero-order chi connectivity index (χ0) is 15.6. The summed E-state index contributed by atoms with van der Waals surface area (Å²) in [5.41, 5.74) is 5.65. The molecule has 1 amide bonds. The molecule has 0 unspecified atom stereocenters. The van der Waals surface area contributed by atoms with Crippen molar-refractivity contribution in [3.8, 4) is 11.4 Å². The Kier molecular flexibility index (Phi) is 4.37. The summed E-state index contributed by atoms with van der Waals surface area (Å²) in [5.74, 6) is 0.0901. The molecule has 0 saturated carbocycles. The first kappa shape index (κ1) is 15.6. The lowest BCUT2D eigenvalue weighted by Crippen LogP contribution is -2.05. The van der Waals surface area contributed by atoms with E-state index in [0.29, 0.717) is 0 Å². The fourth-order valence-corrected chi connectivity index (χ4v) is 2.10. The number of amides is 1. The molecule has 2 rings (SSSR count). The van der Waals surface area contributed by atoms with Gasteiger partial charge in [-0.2, -0.15) is 13.2 Å². The monoisotopic (exact) mass is 334 g/mol. The molecule has 1 heterocycles. The second kappa shape index (κ2) is 5.90. The van der Waals surface area contributed by atoms with Crippen LogP contribution in [0, 0.1) is 0 Å². The molecule has 5 nitrogen and oxygen atoms in total. The summed E-state index contributed by atoms with van der Waals surface area (Å²) in [4.78, 5) is 14.7. The van der Waals surface area contributed by atoms with Gasteiger partial charge in [-0.05, 0) is 18.2 Å². The first-order chi connectivity index (χ1) is 9.75. The van der Waals surface area contributed by atoms with Crippen molar-refractivity contribution < 1.29 is 18.0 Å². The van der Waals surface area contributed by atoms with Crippen LogP contribution in [0.5, 0.6) is 0 Å². The summed E-state index contributed by atoms with van der Waals surface area (Å²) < 4.78 is 39.4. The van der Waals surface area contributed by atoms with Crippen LogP contribution in [0.4, 0.5) is 18.0 Å². The van der Waals surface area contributed by atoms with E-state index in [2.05, 4.69) is 22.7 Å². The highest BCUT2D eigenvalue weighted by Gasteiger charge is 2.31. The van der Waals surface area contributed by atoms with Gasteiger partial charge < -0.3 is 5.73 Å². The second-order valence-electron chi connectivity index (χ2n) is 3.90. The van der Waals surface area contributed by atoms with Gasteiger partial charge in [0.15, 0.2) is 5.82 Å². The molecular weight excluding hydrogens is 325 g/mol. The fourth-order valence-electron chi connectivity index (χ4n) is 1.48. The summed E-state index contributed by atoms with van der Waals surface area (Å²) in [5, 5.41) is 3.37. The Hall–Kier alpha value is -1.81. The molecular formula is C11H9F3N4OS2. The Balaban J connectivity index is 2.39. The number of benzene rings is 1. The lowest BCUT2D eigenvalue weighted by atomic mass is 10.1. The van der Waals surface area contributed by atoms with Gasteiger partial charge in [0.25, 0.3) is 5.24 Å². The number of rotatable bonds is 2. The van der Waals surface area contributed by atoms with Crippen LogP contribution >= 0.6 is 24.0 Å². The number of thiol groups is 2. The van der Waals surface area contributed by atoms with Crippen molar-refractivity contribution in [3.05, 3.63) is 30.1 Å². The van der Waals surface area contributed by atoms with Crippen LogP contribution in [-0.4, -0.2) is 25.5 Å². The minimum atomic E-state index is -4.48. The summed E-state index contributed by atoms with van der Waals surface area (Å²) in [6.45, 7) is 0. The Morgan fingerprint density at radius 3 is 2.71 bits per heavy atom. The first-order valence-corrected chi connectivity index (χ1v) is 6.83. The van der Waals surface area contributed by atoms with Gasteiger partial charge in [-0.25, -0.2) is 9.67 Å². The van der Waals surface area contributed by atoms with E-state index < -0.39 is 17.0 Å². The van der Waals surface area contributed by atoms with Crippen LogP contribution < -0.4 is 5.73 Å². The fraction of sp³-hybridized carbons (Fsp3) is 0.0909. The number of alkyl halides is 3. The molecule has 2 N–H and O–H groups in total. The number of nitrogens with two attached hydrogens (primary N) is 1. The second-order valence-corrected chi connectivity index (χ2v) is 5.34. The van der Waals surface area contributed by atoms with Gasteiger partial charge in [-0.3, -0.25) is 4.79 Å². The summed E-state index contributed by atoms with van der Waals surface area (Å²) >= 11 is 4.14. The predicted octanol–water partition coefficient (Wildman–Crippen LogP) is 2.40. The average molecular weight is 334 g/mol. The number of hydrogen-bond donors (Lipinski definition) is 3. The maximum atomic E-state index is 12.7. The number of aromatic nitrogens is 3. The minimum absolute atomic E-state index is 0.0901. The van der Waals surface area contributed by atoms with Crippen LogP contribution in [0.15, 0.2) is 29.4 Å². The van der Waals surface area contributed by atoms with Crippen LogP contribution in [0.25, 0.3) is 11.4 Å². The van der Waals surface area contributed by atoms with Crippen molar-refractivity contribution in [2.45, 2.75) is 11.1 Å². The SMILES string of the molecule is NC(=O)[SH]=Cn1cnc(-c2cc(S)cc(C(F)(F)F)c2)n1. The molecule has 0 atom stereocenters. The molecule has 0 aliphatic rings. The Bertz CT molecular complexity index is 712. The molecule has 2 aromatic rings. The van der Waals surface area contributed by atoms with Crippen LogP contribution in [0.3, 0.4) is 0 Å². The smallest absolute Gasteiger partial charge is 0.361 e. The van der Waals surface area contributed by atoms with E-state index in [0.717, 1.165) is 12.1 Å². The highest BCUT2D eigenvalue weighted by Crippen LogP contribution is 2.33. The molecule has 0 spiro atoms. The van der Waals surface area contributed by atoms with E-state index in [9.17, 15) is 18.0 Å². The predicted molar refractivity (Wildman–Crippen MR) is 77.7 cm³/mol. The highest BCUT2D eigenvalue weighted by molar-refractivity contribution is 8.11. The molecule has 0 fully saturated rings. The number of primary amides is 1. The van der Waals surface area contributed by atoms with Gasteiger partial charge in [0.1, 0.15) is 6.33 Å². The number of hydrogen-bond acceptors (Lipinski definition) is 4. The molecule has 0 aliphatic carbocycles. The number of carbonyl (C=O) groups excluding carboxylic acids is 1. The van der Waals surface area contributed by atoms with Crippen molar-refractivity contribution in [1.29, 1.82) is 0 Å². The molecule has 1 aromatic heterocycles. The Morgan fingerprint density at radius 1 is 1.38 bits per heavy atom. The first-order valence-electron chi connectivity index (χ1n) is 5.42. The number of carbonyl (C=O) groups is 1. The topological polar surface area (TPSA) is 73.8 Å². The Morgan fingerprint density at radius 2 is 2.10 bits per heavy atom. The molecule has 21 heavy (non-hydrogen) atoms. The minimum Gasteiger partial charge on any atom is -0.361 e. The van der Waals surface area contributed by atoms with Gasteiger partial charge in [-0.15, -0.1) is 17.7 Å². The molecule has 0 radical (unpaired) electrons. The van der Waals surface area contributed by atoms with Crippen molar-refractivity contribution in [2.75, 3.05) is 0 Å². The molecule has 0 aliphatic heterocycles. The van der Waals surface area contributed by atoms with Crippen molar-refractivity contribution in [3.63, 3.8) is 0 Å². The largest absolute Gasteiger partial charge is 0.416 e. The standard InChI is InChI=1S/C11H9F3N4OS2/c12-11(13,14)7-1-6(2-8(20)3-7)9-16-4-18(17-9)5-21-10(15)19/h1-5,20-21H,(H2,15,19). The molecule has 10 heteroatoms. The maximum absolute atomic E-state index is 12.7. The van der Waals surface area contributed by atoms with E-state index in [1.807, 2.05) is 0 Å². The molecule has 0 saturated heterocycles. The van der Waals surface area contributed by atoms with E-state index in [-0.39, 0.29) is 27.6 Å². The van der Waals surface area contributed by atoms with Crippen LogP contribution in [-0.2, 0) is 6.18 Å². The normalized spacial score (nSPS) is 12.4. The van der Waals surface area contributed by atoms with Crippen LogP contribution in [0.2, 0.25) is 0 Å².